The first kappa shape index (κ1) is 13.2. The molecule has 2 aromatic rings. The van der Waals surface area contributed by atoms with E-state index in [4.69, 9.17) is 0 Å². The molecule has 0 spiro atoms. The molecule has 2 rings (SSSR count). The summed E-state index contributed by atoms with van der Waals surface area (Å²) in [6.07, 6.45) is 0.763. The fourth-order valence-corrected chi connectivity index (χ4v) is 1.87. The Morgan fingerprint density at radius 2 is 2.16 bits per heavy atom. The minimum absolute atomic E-state index is 0.122. The molecule has 0 aliphatic carbocycles. The predicted molar refractivity (Wildman–Crippen MR) is 70.6 cm³/mol. The van der Waals surface area contributed by atoms with E-state index in [1.165, 1.54) is 0 Å². The minimum atomic E-state index is -0.235. The van der Waals surface area contributed by atoms with E-state index in [2.05, 4.69) is 25.7 Å². The SMILES string of the molecule is CCC(NC(=O)c1n[nH]nc1C)c1cccc(C)n1. The van der Waals surface area contributed by atoms with Crippen molar-refractivity contribution in [3.8, 4) is 0 Å². The van der Waals surface area contributed by atoms with Crippen LogP contribution in [0.4, 0.5) is 0 Å². The van der Waals surface area contributed by atoms with E-state index in [0.29, 0.717) is 11.4 Å². The first-order valence-corrected chi connectivity index (χ1v) is 6.23. The molecule has 0 saturated heterocycles. The van der Waals surface area contributed by atoms with Crippen molar-refractivity contribution in [2.24, 2.45) is 0 Å². The smallest absolute Gasteiger partial charge is 0.274 e. The highest BCUT2D eigenvalue weighted by Gasteiger charge is 2.18. The van der Waals surface area contributed by atoms with Gasteiger partial charge in [-0.05, 0) is 32.4 Å². The summed E-state index contributed by atoms with van der Waals surface area (Å²) in [4.78, 5) is 16.5. The molecule has 2 N–H and O–H groups in total. The Kier molecular flexibility index (Phi) is 3.89. The quantitative estimate of drug-likeness (QED) is 0.875. The second-order valence-corrected chi connectivity index (χ2v) is 4.40. The Bertz CT molecular complexity index is 578. The van der Waals surface area contributed by atoms with Crippen molar-refractivity contribution in [3.63, 3.8) is 0 Å². The van der Waals surface area contributed by atoms with Gasteiger partial charge in [0.1, 0.15) is 0 Å². The van der Waals surface area contributed by atoms with Gasteiger partial charge in [-0.3, -0.25) is 9.78 Å². The Morgan fingerprint density at radius 1 is 1.37 bits per heavy atom. The van der Waals surface area contributed by atoms with Gasteiger partial charge in [-0.25, -0.2) is 0 Å². The lowest BCUT2D eigenvalue weighted by atomic mass is 10.1. The fourth-order valence-electron chi connectivity index (χ4n) is 1.87. The number of rotatable bonds is 4. The molecular weight excluding hydrogens is 242 g/mol. The van der Waals surface area contributed by atoms with Gasteiger partial charge in [0.2, 0.25) is 0 Å². The summed E-state index contributed by atoms with van der Waals surface area (Å²) in [5, 5.41) is 13.1. The lowest BCUT2D eigenvalue weighted by Crippen LogP contribution is -2.29. The molecule has 19 heavy (non-hydrogen) atoms. The molecule has 0 fully saturated rings. The molecule has 0 saturated carbocycles. The van der Waals surface area contributed by atoms with Gasteiger partial charge in [0.25, 0.3) is 5.91 Å². The minimum Gasteiger partial charge on any atom is -0.342 e. The van der Waals surface area contributed by atoms with Crippen LogP contribution in [0.2, 0.25) is 0 Å². The Balaban J connectivity index is 2.16. The van der Waals surface area contributed by atoms with E-state index in [-0.39, 0.29) is 11.9 Å². The zero-order chi connectivity index (χ0) is 13.8. The number of aromatic nitrogens is 4. The summed E-state index contributed by atoms with van der Waals surface area (Å²) >= 11 is 0. The average Bonchev–Trinajstić information content (AvgIpc) is 2.82. The molecular formula is C13H17N5O. The van der Waals surface area contributed by atoms with Crippen molar-refractivity contribution in [2.45, 2.75) is 33.2 Å². The van der Waals surface area contributed by atoms with Crippen LogP contribution in [0.3, 0.4) is 0 Å². The third kappa shape index (κ3) is 2.96. The maximum atomic E-state index is 12.1. The monoisotopic (exact) mass is 259 g/mol. The number of pyridine rings is 1. The van der Waals surface area contributed by atoms with Crippen molar-refractivity contribution in [3.05, 3.63) is 41.0 Å². The number of nitrogens with zero attached hydrogens (tertiary/aromatic N) is 3. The lowest BCUT2D eigenvalue weighted by molar-refractivity contribution is 0.0929. The van der Waals surface area contributed by atoms with E-state index in [9.17, 15) is 4.79 Å². The third-order valence-corrected chi connectivity index (χ3v) is 2.92. The fraction of sp³-hybridized carbons (Fsp3) is 0.385. The number of carbonyl (C=O) groups is 1. The van der Waals surface area contributed by atoms with E-state index < -0.39 is 0 Å². The summed E-state index contributed by atoms with van der Waals surface area (Å²) in [7, 11) is 0. The number of nitrogens with one attached hydrogen (secondary N) is 2. The number of aromatic amines is 1. The normalized spacial score (nSPS) is 12.2. The van der Waals surface area contributed by atoms with Crippen molar-refractivity contribution in [1.29, 1.82) is 0 Å². The molecule has 0 radical (unpaired) electrons. The zero-order valence-electron chi connectivity index (χ0n) is 11.3. The van der Waals surface area contributed by atoms with E-state index in [1.807, 2.05) is 32.0 Å². The maximum Gasteiger partial charge on any atom is 0.274 e. The molecule has 2 heterocycles. The summed E-state index contributed by atoms with van der Waals surface area (Å²) in [6.45, 7) is 5.68. The topological polar surface area (TPSA) is 83.6 Å². The van der Waals surface area contributed by atoms with Crippen molar-refractivity contribution >= 4 is 5.91 Å². The van der Waals surface area contributed by atoms with E-state index in [0.717, 1.165) is 17.8 Å². The lowest BCUT2D eigenvalue weighted by Gasteiger charge is -2.16. The van der Waals surface area contributed by atoms with Crippen LogP contribution in [0.25, 0.3) is 0 Å². The highest BCUT2D eigenvalue weighted by Crippen LogP contribution is 2.15. The molecule has 0 aliphatic rings. The number of amides is 1. The summed E-state index contributed by atoms with van der Waals surface area (Å²) in [5.74, 6) is -0.235. The van der Waals surface area contributed by atoms with Crippen LogP contribution in [0.15, 0.2) is 18.2 Å². The van der Waals surface area contributed by atoms with Crippen molar-refractivity contribution < 1.29 is 4.79 Å². The van der Waals surface area contributed by atoms with Crippen LogP contribution >= 0.6 is 0 Å². The molecule has 6 heteroatoms. The van der Waals surface area contributed by atoms with E-state index >= 15 is 0 Å². The second-order valence-electron chi connectivity index (χ2n) is 4.40. The number of hydrogen-bond donors (Lipinski definition) is 2. The van der Waals surface area contributed by atoms with Gasteiger partial charge in [0.15, 0.2) is 5.69 Å². The molecule has 1 amide bonds. The maximum absolute atomic E-state index is 12.1. The van der Waals surface area contributed by atoms with Crippen LogP contribution in [0, 0.1) is 13.8 Å². The van der Waals surface area contributed by atoms with E-state index in [1.54, 1.807) is 6.92 Å². The van der Waals surface area contributed by atoms with Gasteiger partial charge in [-0.2, -0.15) is 15.4 Å². The summed E-state index contributed by atoms with van der Waals surface area (Å²) < 4.78 is 0. The van der Waals surface area contributed by atoms with Gasteiger partial charge in [-0.15, -0.1) is 0 Å². The van der Waals surface area contributed by atoms with Crippen LogP contribution < -0.4 is 5.32 Å². The van der Waals surface area contributed by atoms with Gasteiger partial charge in [-0.1, -0.05) is 13.0 Å². The highest BCUT2D eigenvalue weighted by molar-refractivity contribution is 5.93. The number of H-pyrrole nitrogens is 1. The zero-order valence-corrected chi connectivity index (χ0v) is 11.3. The molecule has 0 aliphatic heterocycles. The molecule has 0 aromatic carbocycles. The average molecular weight is 259 g/mol. The number of hydrogen-bond acceptors (Lipinski definition) is 4. The Hall–Kier alpha value is -2.24. The van der Waals surface area contributed by atoms with Crippen LogP contribution in [-0.4, -0.2) is 26.3 Å². The highest BCUT2D eigenvalue weighted by atomic mass is 16.2. The van der Waals surface area contributed by atoms with Gasteiger partial charge in [0.05, 0.1) is 17.4 Å². The molecule has 0 bridgehead atoms. The predicted octanol–water partition coefficient (Wildman–Crippen LogP) is 1.70. The van der Waals surface area contributed by atoms with Crippen LogP contribution in [0.5, 0.6) is 0 Å². The summed E-state index contributed by atoms with van der Waals surface area (Å²) in [6, 6.07) is 5.66. The van der Waals surface area contributed by atoms with Gasteiger partial charge >= 0.3 is 0 Å². The first-order chi connectivity index (χ1) is 9.11. The van der Waals surface area contributed by atoms with Gasteiger partial charge < -0.3 is 5.32 Å². The molecule has 1 unspecified atom stereocenters. The Morgan fingerprint density at radius 3 is 2.74 bits per heavy atom. The standard InChI is InChI=1S/C13H17N5O/c1-4-10(11-7-5-6-8(2)14-11)15-13(19)12-9(3)16-18-17-12/h5-7,10H,4H2,1-3H3,(H,15,19)(H,16,17,18). The van der Waals surface area contributed by atoms with Gasteiger partial charge in [0, 0.05) is 5.69 Å². The van der Waals surface area contributed by atoms with Crippen molar-refractivity contribution in [1.82, 2.24) is 25.7 Å². The molecule has 100 valence electrons. The summed E-state index contributed by atoms with van der Waals surface area (Å²) in [5.41, 5.74) is 2.70. The first-order valence-electron chi connectivity index (χ1n) is 6.23. The van der Waals surface area contributed by atoms with Crippen molar-refractivity contribution in [2.75, 3.05) is 0 Å². The van der Waals surface area contributed by atoms with Crippen LogP contribution in [0.1, 0.15) is 47.0 Å². The molecule has 6 nitrogen and oxygen atoms in total. The Labute approximate surface area is 111 Å². The molecule has 1 atom stereocenters. The molecule has 2 aromatic heterocycles. The number of carbonyl (C=O) groups excluding carboxylic acids is 1. The van der Waals surface area contributed by atoms with Crippen LogP contribution in [-0.2, 0) is 0 Å². The second kappa shape index (κ2) is 5.60. The largest absolute Gasteiger partial charge is 0.342 e. The number of aryl methyl sites for hydroxylation is 2. The third-order valence-electron chi connectivity index (χ3n) is 2.92.